The van der Waals surface area contributed by atoms with Gasteiger partial charge in [0.2, 0.25) is 10.0 Å². The zero-order valence-corrected chi connectivity index (χ0v) is 15.2. The number of fused-ring (bicyclic) bond motifs is 1. The topological polar surface area (TPSA) is 49.4 Å². The highest BCUT2D eigenvalue weighted by Gasteiger charge is 2.31. The van der Waals surface area contributed by atoms with E-state index in [0.29, 0.717) is 18.7 Å². The van der Waals surface area contributed by atoms with Crippen LogP contribution in [-0.2, 0) is 22.6 Å². The lowest BCUT2D eigenvalue weighted by Gasteiger charge is -2.36. The summed E-state index contributed by atoms with van der Waals surface area (Å²) in [6.45, 7) is 3.98. The van der Waals surface area contributed by atoms with Crippen LogP contribution in [0.5, 0.6) is 0 Å². The van der Waals surface area contributed by atoms with Crippen molar-refractivity contribution in [3.05, 3.63) is 71.6 Å². The van der Waals surface area contributed by atoms with Crippen molar-refractivity contribution in [2.45, 2.75) is 12.6 Å². The lowest BCUT2D eigenvalue weighted by Crippen LogP contribution is -2.38. The summed E-state index contributed by atoms with van der Waals surface area (Å²) in [6.07, 6.45) is -3.71. The lowest BCUT2D eigenvalue weighted by molar-refractivity contribution is -0.137. The van der Waals surface area contributed by atoms with E-state index in [1.807, 2.05) is 29.2 Å². The van der Waals surface area contributed by atoms with E-state index in [2.05, 4.69) is 11.3 Å². The summed E-state index contributed by atoms with van der Waals surface area (Å²) < 4.78 is 64.2. The Morgan fingerprint density at radius 3 is 2.44 bits per heavy atom. The number of nitrogens with one attached hydrogen (secondary N) is 1. The highest BCUT2D eigenvalue weighted by molar-refractivity contribution is 7.92. The van der Waals surface area contributed by atoms with Crippen LogP contribution in [0.2, 0.25) is 0 Å². The van der Waals surface area contributed by atoms with Gasteiger partial charge in [-0.2, -0.15) is 13.2 Å². The molecule has 3 rings (SSSR count). The van der Waals surface area contributed by atoms with Crippen LogP contribution in [0.1, 0.15) is 11.1 Å². The van der Waals surface area contributed by atoms with Crippen LogP contribution in [0, 0.1) is 5.92 Å². The third-order valence-electron chi connectivity index (χ3n) is 4.53. The average molecular weight is 396 g/mol. The summed E-state index contributed by atoms with van der Waals surface area (Å²) in [4.78, 5) is 1.92. The molecule has 8 heteroatoms. The van der Waals surface area contributed by atoms with Crippen LogP contribution < -0.4 is 9.62 Å². The molecule has 1 aliphatic heterocycles. The van der Waals surface area contributed by atoms with Gasteiger partial charge in [-0.15, -0.1) is 0 Å². The SMILES string of the molecule is C=CS(=O)(=O)NCC1Cc2ccccc2N(c2ccc(C(F)(F)F)cc2)C1. The Kier molecular flexibility index (Phi) is 5.30. The molecule has 0 spiro atoms. The van der Waals surface area contributed by atoms with E-state index in [1.54, 1.807) is 0 Å². The Bertz CT molecular complexity index is 925. The first-order chi connectivity index (χ1) is 12.7. The maximum absolute atomic E-state index is 12.8. The van der Waals surface area contributed by atoms with Crippen LogP contribution in [0.3, 0.4) is 0 Å². The molecule has 1 aliphatic rings. The van der Waals surface area contributed by atoms with Gasteiger partial charge in [-0.05, 0) is 48.2 Å². The molecule has 0 amide bonds. The van der Waals surface area contributed by atoms with Gasteiger partial charge in [-0.3, -0.25) is 0 Å². The molecule has 1 N–H and O–H groups in total. The summed E-state index contributed by atoms with van der Waals surface area (Å²) in [6, 6.07) is 12.6. The molecular formula is C19H19F3N2O2S. The molecule has 4 nitrogen and oxygen atoms in total. The molecule has 1 heterocycles. The Morgan fingerprint density at radius 1 is 1.15 bits per heavy atom. The van der Waals surface area contributed by atoms with Crippen molar-refractivity contribution < 1.29 is 21.6 Å². The summed E-state index contributed by atoms with van der Waals surface area (Å²) in [5, 5.41) is 0.859. The Labute approximate surface area is 156 Å². The molecular weight excluding hydrogens is 377 g/mol. The van der Waals surface area contributed by atoms with Gasteiger partial charge < -0.3 is 4.90 Å². The van der Waals surface area contributed by atoms with Crippen LogP contribution in [0.4, 0.5) is 24.5 Å². The summed E-state index contributed by atoms with van der Waals surface area (Å²) in [5.41, 5.74) is 1.87. The van der Waals surface area contributed by atoms with E-state index in [0.717, 1.165) is 28.8 Å². The van der Waals surface area contributed by atoms with E-state index in [-0.39, 0.29) is 12.5 Å². The molecule has 0 aromatic heterocycles. The first kappa shape index (κ1) is 19.4. The number of hydrogen-bond donors (Lipinski definition) is 1. The van der Waals surface area contributed by atoms with Crippen molar-refractivity contribution in [1.29, 1.82) is 0 Å². The van der Waals surface area contributed by atoms with Crippen molar-refractivity contribution in [3.8, 4) is 0 Å². The molecule has 27 heavy (non-hydrogen) atoms. The lowest BCUT2D eigenvalue weighted by atomic mass is 9.92. The zero-order valence-electron chi connectivity index (χ0n) is 14.4. The molecule has 1 unspecified atom stereocenters. The van der Waals surface area contributed by atoms with Gasteiger partial charge in [0.1, 0.15) is 0 Å². The number of nitrogens with zero attached hydrogens (tertiary/aromatic N) is 1. The van der Waals surface area contributed by atoms with Crippen molar-refractivity contribution >= 4 is 21.4 Å². The Morgan fingerprint density at radius 2 is 1.81 bits per heavy atom. The van der Waals surface area contributed by atoms with Crippen molar-refractivity contribution in [3.63, 3.8) is 0 Å². The van der Waals surface area contributed by atoms with Gasteiger partial charge in [0.05, 0.1) is 5.56 Å². The van der Waals surface area contributed by atoms with E-state index >= 15 is 0 Å². The second-order valence-corrected chi connectivity index (χ2v) is 8.13. The maximum Gasteiger partial charge on any atom is 0.416 e. The minimum absolute atomic E-state index is 0.0306. The highest BCUT2D eigenvalue weighted by Crippen LogP contribution is 2.37. The molecule has 144 valence electrons. The molecule has 1 atom stereocenters. The summed E-state index contributed by atoms with van der Waals surface area (Å²) in [7, 11) is -3.53. The smallest absolute Gasteiger partial charge is 0.341 e. The van der Waals surface area contributed by atoms with Gasteiger partial charge in [-0.1, -0.05) is 24.8 Å². The third kappa shape index (κ3) is 4.51. The minimum atomic E-state index is -4.39. The predicted octanol–water partition coefficient (Wildman–Crippen LogP) is 4.08. The normalized spacial score (nSPS) is 17.4. The maximum atomic E-state index is 12.8. The highest BCUT2D eigenvalue weighted by atomic mass is 32.2. The fourth-order valence-corrected chi connectivity index (χ4v) is 3.77. The van der Waals surface area contributed by atoms with Crippen molar-refractivity contribution in [1.82, 2.24) is 4.72 Å². The van der Waals surface area contributed by atoms with Crippen LogP contribution >= 0.6 is 0 Å². The number of halogens is 3. The van der Waals surface area contributed by atoms with Gasteiger partial charge >= 0.3 is 6.18 Å². The zero-order chi connectivity index (χ0) is 19.7. The number of para-hydroxylation sites is 1. The van der Waals surface area contributed by atoms with E-state index in [1.165, 1.54) is 12.1 Å². The standard InChI is InChI=1S/C19H19F3N2O2S/c1-2-27(25,26)23-12-14-11-15-5-3-4-6-18(15)24(13-14)17-9-7-16(8-10-17)19(20,21)22/h2-10,14,23H,1,11-13H2. The second kappa shape index (κ2) is 7.36. The largest absolute Gasteiger partial charge is 0.416 e. The monoisotopic (exact) mass is 396 g/mol. The third-order valence-corrected chi connectivity index (χ3v) is 5.54. The minimum Gasteiger partial charge on any atom is -0.341 e. The second-order valence-electron chi connectivity index (χ2n) is 6.41. The van der Waals surface area contributed by atoms with Crippen LogP contribution in [0.15, 0.2) is 60.5 Å². The van der Waals surface area contributed by atoms with Gasteiger partial charge in [-0.25, -0.2) is 13.1 Å². The molecule has 2 aromatic carbocycles. The van der Waals surface area contributed by atoms with Gasteiger partial charge in [0.25, 0.3) is 0 Å². The van der Waals surface area contributed by atoms with E-state index in [4.69, 9.17) is 0 Å². The summed E-state index contributed by atoms with van der Waals surface area (Å²) in [5.74, 6) is -0.0306. The fraction of sp³-hybridized carbons (Fsp3) is 0.263. The molecule has 0 fully saturated rings. The number of benzene rings is 2. The van der Waals surface area contributed by atoms with Crippen molar-refractivity contribution in [2.75, 3.05) is 18.0 Å². The van der Waals surface area contributed by atoms with Gasteiger partial charge in [0, 0.05) is 29.9 Å². The number of alkyl halides is 3. The van der Waals surface area contributed by atoms with Gasteiger partial charge in [0.15, 0.2) is 0 Å². The molecule has 2 aromatic rings. The Hall–Kier alpha value is -2.32. The quantitative estimate of drug-likeness (QED) is 0.829. The number of rotatable bonds is 5. The number of sulfonamides is 1. The van der Waals surface area contributed by atoms with Crippen molar-refractivity contribution in [2.24, 2.45) is 5.92 Å². The van der Waals surface area contributed by atoms with Crippen LogP contribution in [0.25, 0.3) is 0 Å². The average Bonchev–Trinajstić information content (AvgIpc) is 2.65. The predicted molar refractivity (Wildman–Crippen MR) is 99.2 cm³/mol. The first-order valence-electron chi connectivity index (χ1n) is 8.34. The molecule has 0 bridgehead atoms. The molecule has 0 saturated carbocycles. The van der Waals surface area contributed by atoms with E-state index in [9.17, 15) is 21.6 Å². The molecule has 0 aliphatic carbocycles. The number of hydrogen-bond acceptors (Lipinski definition) is 3. The fourth-order valence-electron chi connectivity index (χ4n) is 3.18. The first-order valence-corrected chi connectivity index (χ1v) is 9.89. The van der Waals surface area contributed by atoms with E-state index < -0.39 is 21.8 Å². The van der Waals surface area contributed by atoms with Crippen LogP contribution in [-0.4, -0.2) is 21.5 Å². The molecule has 0 radical (unpaired) electrons. The number of anilines is 2. The summed E-state index contributed by atoms with van der Waals surface area (Å²) >= 11 is 0. The molecule has 0 saturated heterocycles. The Balaban J connectivity index is 1.88.